The van der Waals surface area contributed by atoms with Crippen LogP contribution in [0.2, 0.25) is 0 Å². The average molecular weight is 778 g/mol. The minimum atomic E-state index is 0.698. The summed E-state index contributed by atoms with van der Waals surface area (Å²) in [6.07, 6.45) is 0. The van der Waals surface area contributed by atoms with Gasteiger partial charge >= 0.3 is 0 Å². The Hall–Kier alpha value is -8.14. The Balaban J connectivity index is 0.958. The molecule has 2 aromatic heterocycles. The molecule has 0 fully saturated rings. The van der Waals surface area contributed by atoms with E-state index >= 15 is 0 Å². The van der Waals surface area contributed by atoms with E-state index in [9.17, 15) is 0 Å². The molecule has 286 valence electrons. The molecule has 3 heteroatoms. The maximum atomic E-state index is 5.36. The Morgan fingerprint density at radius 2 is 0.672 bits per heavy atom. The largest absolute Gasteiger partial charge is 0.306 e. The van der Waals surface area contributed by atoms with Crippen molar-refractivity contribution in [3.8, 4) is 84.0 Å². The van der Waals surface area contributed by atoms with Gasteiger partial charge in [-0.2, -0.15) is 0 Å². The van der Waals surface area contributed by atoms with Gasteiger partial charge in [0.2, 0.25) is 0 Å². The lowest BCUT2D eigenvalue weighted by molar-refractivity contribution is 1.15. The van der Waals surface area contributed by atoms with Gasteiger partial charge in [-0.1, -0.05) is 188 Å². The molecule has 11 rings (SSSR count). The van der Waals surface area contributed by atoms with Crippen molar-refractivity contribution in [2.45, 2.75) is 0 Å². The van der Waals surface area contributed by atoms with Crippen LogP contribution >= 0.6 is 0 Å². The van der Waals surface area contributed by atoms with Gasteiger partial charge in [-0.05, 0) is 104 Å². The summed E-state index contributed by atoms with van der Waals surface area (Å²) in [5.41, 5.74) is 18.8. The lowest BCUT2D eigenvalue weighted by Gasteiger charge is -2.13. The second-order valence-electron chi connectivity index (χ2n) is 15.4. The number of hydrogen-bond acceptors (Lipinski definition) is 2. The van der Waals surface area contributed by atoms with Crippen LogP contribution in [0.4, 0.5) is 0 Å². The summed E-state index contributed by atoms with van der Waals surface area (Å²) in [5, 5.41) is 1.10. The van der Waals surface area contributed by atoms with Crippen molar-refractivity contribution in [3.05, 3.63) is 237 Å². The van der Waals surface area contributed by atoms with Crippen LogP contribution in [0, 0.1) is 0 Å². The minimum Gasteiger partial charge on any atom is -0.306 e. The van der Waals surface area contributed by atoms with E-state index < -0.39 is 0 Å². The third-order valence-corrected chi connectivity index (χ3v) is 11.6. The van der Waals surface area contributed by atoms with Gasteiger partial charge < -0.3 is 4.57 Å². The highest BCUT2D eigenvalue weighted by molar-refractivity contribution is 6.11. The number of para-hydroxylation sites is 2. The number of benzene rings is 9. The van der Waals surface area contributed by atoms with E-state index in [1.165, 1.54) is 44.5 Å². The first kappa shape index (κ1) is 36.0. The maximum absolute atomic E-state index is 5.36. The van der Waals surface area contributed by atoms with E-state index in [-0.39, 0.29) is 0 Å². The molecule has 0 radical (unpaired) electrons. The van der Waals surface area contributed by atoms with Crippen LogP contribution in [0.15, 0.2) is 237 Å². The van der Waals surface area contributed by atoms with Gasteiger partial charge in [0, 0.05) is 22.2 Å². The average Bonchev–Trinajstić information content (AvgIpc) is 3.69. The molecular weight excluding hydrogens is 739 g/mol. The van der Waals surface area contributed by atoms with E-state index in [0.717, 1.165) is 55.6 Å². The van der Waals surface area contributed by atoms with Gasteiger partial charge in [0.05, 0.1) is 16.7 Å². The topological polar surface area (TPSA) is 30.7 Å². The Labute approximate surface area is 355 Å². The van der Waals surface area contributed by atoms with Gasteiger partial charge in [0.1, 0.15) is 5.52 Å². The molecule has 0 aliphatic heterocycles. The minimum absolute atomic E-state index is 0.698. The summed E-state index contributed by atoms with van der Waals surface area (Å²) in [6, 6.07) is 84.1. The molecular formula is C58H39N3. The predicted octanol–water partition coefficient (Wildman–Crippen LogP) is 15.2. The zero-order valence-electron chi connectivity index (χ0n) is 33.4. The fourth-order valence-corrected chi connectivity index (χ4v) is 8.58. The zero-order valence-corrected chi connectivity index (χ0v) is 33.4. The van der Waals surface area contributed by atoms with Crippen molar-refractivity contribution in [1.82, 2.24) is 14.5 Å². The molecule has 2 heterocycles. The molecule has 0 aliphatic carbocycles. The summed E-state index contributed by atoms with van der Waals surface area (Å²) in [7, 11) is 0. The van der Waals surface area contributed by atoms with Gasteiger partial charge in [-0.3, -0.25) is 0 Å². The first-order valence-electron chi connectivity index (χ1n) is 20.7. The summed E-state index contributed by atoms with van der Waals surface area (Å²) >= 11 is 0. The van der Waals surface area contributed by atoms with Crippen LogP contribution in [0.25, 0.3) is 106 Å². The highest BCUT2D eigenvalue weighted by Gasteiger charge is 2.21. The van der Waals surface area contributed by atoms with Crippen molar-refractivity contribution in [1.29, 1.82) is 0 Å². The molecule has 0 amide bonds. The molecule has 0 bridgehead atoms. The molecule has 0 saturated heterocycles. The van der Waals surface area contributed by atoms with Crippen LogP contribution in [0.3, 0.4) is 0 Å². The van der Waals surface area contributed by atoms with Crippen molar-refractivity contribution >= 4 is 21.9 Å². The third-order valence-electron chi connectivity index (χ3n) is 11.6. The summed E-state index contributed by atoms with van der Waals surface area (Å²) in [6.45, 7) is 0. The van der Waals surface area contributed by atoms with Gasteiger partial charge in [0.25, 0.3) is 0 Å². The lowest BCUT2D eigenvalue weighted by Crippen LogP contribution is -1.99. The molecule has 3 nitrogen and oxygen atoms in total. The number of hydrogen-bond donors (Lipinski definition) is 0. The van der Waals surface area contributed by atoms with E-state index in [0.29, 0.717) is 5.82 Å². The predicted molar refractivity (Wildman–Crippen MR) is 254 cm³/mol. The maximum Gasteiger partial charge on any atom is 0.160 e. The molecule has 11 aromatic rings. The van der Waals surface area contributed by atoms with Crippen LogP contribution in [0.5, 0.6) is 0 Å². The van der Waals surface area contributed by atoms with Gasteiger partial charge in [-0.25, -0.2) is 9.97 Å². The Morgan fingerprint density at radius 3 is 1.25 bits per heavy atom. The molecule has 0 N–H and O–H groups in total. The Kier molecular flexibility index (Phi) is 9.18. The third kappa shape index (κ3) is 6.88. The smallest absolute Gasteiger partial charge is 0.160 e. The van der Waals surface area contributed by atoms with Crippen molar-refractivity contribution in [2.24, 2.45) is 0 Å². The Bertz CT molecular complexity index is 3260. The number of fused-ring (bicyclic) bond motifs is 3. The molecule has 61 heavy (non-hydrogen) atoms. The molecule has 0 saturated carbocycles. The highest BCUT2D eigenvalue weighted by Crippen LogP contribution is 2.39. The summed E-state index contributed by atoms with van der Waals surface area (Å²) in [4.78, 5) is 10.7. The number of nitrogens with zero attached hydrogens (tertiary/aromatic N) is 3. The molecule has 0 unspecified atom stereocenters. The molecule has 0 aliphatic rings. The first-order valence-corrected chi connectivity index (χ1v) is 20.7. The second-order valence-corrected chi connectivity index (χ2v) is 15.4. The monoisotopic (exact) mass is 777 g/mol. The summed E-state index contributed by atoms with van der Waals surface area (Å²) in [5.74, 6) is 0.698. The lowest BCUT2D eigenvalue weighted by atomic mass is 9.92. The molecule has 0 spiro atoms. The SMILES string of the molecule is c1ccc(-c2cc(-c3ccccc3)cc(-c3cccc(-c4ccc(-c5cccc(-c6nc(-c7ccccc7)c7c(n6)c6ccccc6n7-c6ccccc6)c5)cc4)c3)c2)cc1. The van der Waals surface area contributed by atoms with Crippen LogP contribution in [-0.2, 0) is 0 Å². The molecule has 9 aromatic carbocycles. The van der Waals surface area contributed by atoms with E-state index in [1.54, 1.807) is 0 Å². The van der Waals surface area contributed by atoms with Crippen molar-refractivity contribution in [3.63, 3.8) is 0 Å². The zero-order chi connectivity index (χ0) is 40.5. The van der Waals surface area contributed by atoms with Crippen molar-refractivity contribution in [2.75, 3.05) is 0 Å². The van der Waals surface area contributed by atoms with Crippen LogP contribution < -0.4 is 0 Å². The van der Waals surface area contributed by atoms with Crippen LogP contribution in [-0.4, -0.2) is 14.5 Å². The van der Waals surface area contributed by atoms with Crippen LogP contribution in [0.1, 0.15) is 0 Å². The van der Waals surface area contributed by atoms with Gasteiger partial charge in [-0.15, -0.1) is 0 Å². The number of rotatable bonds is 8. The molecule has 0 atom stereocenters. The van der Waals surface area contributed by atoms with Gasteiger partial charge in [0.15, 0.2) is 5.82 Å². The number of aromatic nitrogens is 3. The second kappa shape index (κ2) is 15.6. The van der Waals surface area contributed by atoms with E-state index in [1.807, 2.05) is 6.07 Å². The van der Waals surface area contributed by atoms with E-state index in [4.69, 9.17) is 9.97 Å². The summed E-state index contributed by atoms with van der Waals surface area (Å²) < 4.78 is 2.30. The highest BCUT2D eigenvalue weighted by atomic mass is 15.0. The standard InChI is InChI=1S/C58H39N3/c1-5-17-40(18-6-1)49-37-50(41-19-7-2-8-20-41)39-51(38-49)47-25-15-23-45(35-47)42-31-33-43(34-32-42)46-24-16-26-48(36-46)58-59-55(44-21-9-3-10-22-44)57-56(60-58)53-29-13-14-30-54(53)61(57)52-27-11-4-12-28-52/h1-39H. The van der Waals surface area contributed by atoms with E-state index in [2.05, 4.69) is 235 Å². The quantitative estimate of drug-likeness (QED) is 0.154. The first-order chi connectivity index (χ1) is 30.2. The fourth-order valence-electron chi connectivity index (χ4n) is 8.58. The Morgan fingerprint density at radius 1 is 0.279 bits per heavy atom. The fraction of sp³-hybridized carbons (Fsp3) is 0. The normalized spacial score (nSPS) is 11.3. The van der Waals surface area contributed by atoms with Crippen molar-refractivity contribution < 1.29 is 0 Å².